The Labute approximate surface area is 193 Å². The lowest BCUT2D eigenvalue weighted by Crippen LogP contribution is -2.48. The molecule has 2 amide bonds. The molecule has 0 unspecified atom stereocenters. The number of likely N-dealkylation sites (N-methyl/N-ethyl adjacent to an activating group) is 1. The van der Waals surface area contributed by atoms with Gasteiger partial charge in [-0.1, -0.05) is 58.6 Å². The molecule has 162 valence electrons. The summed E-state index contributed by atoms with van der Waals surface area (Å²) >= 11 is 13.8. The van der Waals surface area contributed by atoms with E-state index in [9.17, 15) is 9.59 Å². The molecule has 0 saturated heterocycles. The highest BCUT2D eigenvalue weighted by Gasteiger charge is 2.26. The minimum atomic E-state index is -0.606. The highest BCUT2D eigenvalue weighted by Crippen LogP contribution is 2.24. The minimum Gasteiger partial charge on any atom is -0.355 e. The molecular formula is C23H28Cl2N2O2S. The molecule has 0 aliphatic rings. The summed E-state index contributed by atoms with van der Waals surface area (Å²) in [5.74, 6) is 0.728. The van der Waals surface area contributed by atoms with Crippen molar-refractivity contribution in [2.45, 2.75) is 46.0 Å². The summed E-state index contributed by atoms with van der Waals surface area (Å²) in [5, 5.41) is 3.80. The molecule has 0 heterocycles. The smallest absolute Gasteiger partial charge is 0.242 e. The number of aryl methyl sites for hydroxylation is 2. The molecule has 1 N–H and O–H groups in total. The van der Waals surface area contributed by atoms with Crippen LogP contribution >= 0.6 is 35.0 Å². The molecule has 4 nitrogen and oxygen atoms in total. The lowest BCUT2D eigenvalue weighted by atomic mass is 10.1. The fourth-order valence-electron chi connectivity index (χ4n) is 3.23. The van der Waals surface area contributed by atoms with E-state index in [1.165, 1.54) is 16.7 Å². The van der Waals surface area contributed by atoms with Gasteiger partial charge in [-0.3, -0.25) is 9.59 Å². The number of nitrogens with one attached hydrogen (secondary N) is 1. The fraction of sp³-hybridized carbons (Fsp3) is 0.391. The van der Waals surface area contributed by atoms with Gasteiger partial charge in [-0.2, -0.15) is 0 Å². The van der Waals surface area contributed by atoms with Crippen molar-refractivity contribution in [1.82, 2.24) is 10.2 Å². The standard InChI is InChI=1S/C23H28Cl2N2O2S/c1-5-26-23(29)17(4)27(12-19-6-7-20(24)11-21(19)25)22(28)14-30-13-18-9-15(2)8-16(3)10-18/h6-11,17H,5,12-14H2,1-4H3,(H,26,29)/t17-/m0/s1. The quantitative estimate of drug-likeness (QED) is 0.538. The molecule has 2 aromatic rings. The number of carbonyl (C=O) groups is 2. The molecule has 7 heteroatoms. The highest BCUT2D eigenvalue weighted by atomic mass is 35.5. The first kappa shape index (κ1) is 24.6. The van der Waals surface area contributed by atoms with Gasteiger partial charge in [0.25, 0.3) is 0 Å². The maximum Gasteiger partial charge on any atom is 0.242 e. The SMILES string of the molecule is CCNC(=O)[C@H](C)N(Cc1ccc(Cl)cc1Cl)C(=O)CSCc1cc(C)cc(C)c1. The molecule has 0 spiro atoms. The Morgan fingerprint density at radius 1 is 1.10 bits per heavy atom. The Morgan fingerprint density at radius 2 is 1.77 bits per heavy atom. The van der Waals surface area contributed by atoms with E-state index in [-0.39, 0.29) is 24.1 Å². The van der Waals surface area contributed by atoms with Crippen molar-refractivity contribution >= 4 is 46.8 Å². The van der Waals surface area contributed by atoms with Crippen LogP contribution in [0.2, 0.25) is 10.0 Å². The van der Waals surface area contributed by atoms with E-state index in [2.05, 4.69) is 37.4 Å². The van der Waals surface area contributed by atoms with E-state index in [1.807, 2.05) is 6.92 Å². The Kier molecular flexibility index (Phi) is 9.53. The van der Waals surface area contributed by atoms with E-state index in [0.29, 0.717) is 16.6 Å². The van der Waals surface area contributed by atoms with Crippen LogP contribution in [0.1, 0.15) is 36.1 Å². The van der Waals surface area contributed by atoms with Gasteiger partial charge in [0.1, 0.15) is 6.04 Å². The third-order valence-corrected chi connectivity index (χ3v) is 6.23. The summed E-state index contributed by atoms with van der Waals surface area (Å²) in [6.07, 6.45) is 0. The second kappa shape index (κ2) is 11.6. The van der Waals surface area contributed by atoms with Crippen molar-refractivity contribution in [3.63, 3.8) is 0 Å². The van der Waals surface area contributed by atoms with Crippen molar-refractivity contribution in [3.05, 3.63) is 68.7 Å². The van der Waals surface area contributed by atoms with Gasteiger partial charge in [-0.05, 0) is 51.0 Å². The highest BCUT2D eigenvalue weighted by molar-refractivity contribution is 7.99. The second-order valence-corrected chi connectivity index (χ2v) is 9.15. The lowest BCUT2D eigenvalue weighted by molar-refractivity contribution is -0.138. The molecule has 0 aliphatic heterocycles. The van der Waals surface area contributed by atoms with Crippen LogP contribution in [0, 0.1) is 13.8 Å². The van der Waals surface area contributed by atoms with Gasteiger partial charge in [-0.25, -0.2) is 0 Å². The van der Waals surface area contributed by atoms with Gasteiger partial charge in [0.15, 0.2) is 0 Å². The van der Waals surface area contributed by atoms with Crippen molar-refractivity contribution in [2.75, 3.05) is 12.3 Å². The second-order valence-electron chi connectivity index (χ2n) is 7.32. The average molecular weight is 467 g/mol. The summed E-state index contributed by atoms with van der Waals surface area (Å²) in [4.78, 5) is 27.1. The third kappa shape index (κ3) is 7.22. The molecule has 0 saturated carbocycles. The van der Waals surface area contributed by atoms with Crippen molar-refractivity contribution < 1.29 is 9.59 Å². The number of rotatable bonds is 9. The fourth-order valence-corrected chi connectivity index (χ4v) is 4.54. The zero-order valence-corrected chi connectivity index (χ0v) is 20.1. The van der Waals surface area contributed by atoms with Crippen LogP contribution in [-0.4, -0.2) is 35.1 Å². The van der Waals surface area contributed by atoms with E-state index in [0.717, 1.165) is 11.3 Å². The predicted octanol–water partition coefficient (Wildman–Crippen LogP) is 5.40. The van der Waals surface area contributed by atoms with Crippen LogP contribution in [0.5, 0.6) is 0 Å². The summed E-state index contributed by atoms with van der Waals surface area (Å²) in [6, 6.07) is 11.0. The molecular weight excluding hydrogens is 439 g/mol. The first-order valence-electron chi connectivity index (χ1n) is 9.87. The third-order valence-electron chi connectivity index (χ3n) is 4.65. The number of nitrogens with zero attached hydrogens (tertiary/aromatic N) is 1. The van der Waals surface area contributed by atoms with Crippen LogP contribution in [0.3, 0.4) is 0 Å². The monoisotopic (exact) mass is 466 g/mol. The van der Waals surface area contributed by atoms with Crippen LogP contribution in [0.15, 0.2) is 36.4 Å². The first-order chi connectivity index (χ1) is 14.2. The normalized spacial score (nSPS) is 11.8. The van der Waals surface area contributed by atoms with Gasteiger partial charge in [-0.15, -0.1) is 11.8 Å². The van der Waals surface area contributed by atoms with E-state index < -0.39 is 6.04 Å². The molecule has 0 radical (unpaired) electrons. The largest absolute Gasteiger partial charge is 0.355 e. The Hall–Kier alpha value is -1.69. The summed E-state index contributed by atoms with van der Waals surface area (Å²) in [7, 11) is 0. The molecule has 1 atom stereocenters. The predicted molar refractivity (Wildman–Crippen MR) is 127 cm³/mol. The van der Waals surface area contributed by atoms with Gasteiger partial charge in [0, 0.05) is 28.9 Å². The molecule has 0 fully saturated rings. The van der Waals surface area contributed by atoms with Crippen molar-refractivity contribution in [2.24, 2.45) is 0 Å². The number of carbonyl (C=O) groups excluding carboxylic acids is 2. The van der Waals surface area contributed by atoms with Gasteiger partial charge in [0.05, 0.1) is 5.75 Å². The first-order valence-corrected chi connectivity index (χ1v) is 11.8. The summed E-state index contributed by atoms with van der Waals surface area (Å²) in [6.45, 7) is 8.48. The van der Waals surface area contributed by atoms with Crippen LogP contribution < -0.4 is 5.32 Å². The van der Waals surface area contributed by atoms with E-state index in [4.69, 9.17) is 23.2 Å². The molecule has 0 aliphatic carbocycles. The summed E-state index contributed by atoms with van der Waals surface area (Å²) < 4.78 is 0. The van der Waals surface area contributed by atoms with E-state index in [1.54, 1.807) is 41.8 Å². The van der Waals surface area contributed by atoms with Crippen LogP contribution in [-0.2, 0) is 21.9 Å². The minimum absolute atomic E-state index is 0.103. The molecule has 2 aromatic carbocycles. The zero-order chi connectivity index (χ0) is 22.3. The Balaban J connectivity index is 2.11. The van der Waals surface area contributed by atoms with Gasteiger partial charge >= 0.3 is 0 Å². The van der Waals surface area contributed by atoms with E-state index >= 15 is 0 Å². The van der Waals surface area contributed by atoms with Crippen molar-refractivity contribution in [1.29, 1.82) is 0 Å². The number of hydrogen-bond donors (Lipinski definition) is 1. The van der Waals surface area contributed by atoms with Gasteiger partial charge < -0.3 is 10.2 Å². The molecule has 2 rings (SSSR count). The number of amides is 2. The van der Waals surface area contributed by atoms with Crippen LogP contribution in [0.4, 0.5) is 0 Å². The Bertz CT molecular complexity index is 885. The molecule has 0 aromatic heterocycles. The van der Waals surface area contributed by atoms with Gasteiger partial charge in [0.2, 0.25) is 11.8 Å². The average Bonchev–Trinajstić information content (AvgIpc) is 2.66. The molecule has 0 bridgehead atoms. The van der Waals surface area contributed by atoms with Crippen LogP contribution in [0.25, 0.3) is 0 Å². The maximum atomic E-state index is 13.1. The Morgan fingerprint density at radius 3 is 2.37 bits per heavy atom. The van der Waals surface area contributed by atoms with Crippen molar-refractivity contribution in [3.8, 4) is 0 Å². The molecule has 30 heavy (non-hydrogen) atoms. The number of halogens is 2. The number of benzene rings is 2. The zero-order valence-electron chi connectivity index (χ0n) is 17.8. The number of thioether (sulfide) groups is 1. The lowest BCUT2D eigenvalue weighted by Gasteiger charge is -2.29. The topological polar surface area (TPSA) is 49.4 Å². The summed E-state index contributed by atoms with van der Waals surface area (Å²) in [5.41, 5.74) is 4.36. The number of hydrogen-bond acceptors (Lipinski definition) is 3. The maximum absolute atomic E-state index is 13.1.